The normalized spacial score (nSPS) is 11.8. The first-order valence-electron chi connectivity index (χ1n) is 6.35. The van der Waals surface area contributed by atoms with Crippen LogP contribution in [0.2, 0.25) is 0 Å². The first kappa shape index (κ1) is 16.8. The van der Waals surface area contributed by atoms with Crippen LogP contribution in [0, 0.1) is 0 Å². The SMILES string of the molecule is COCCCNC(=O)C(C)Oc1ccc(OC)cc1Br. The highest BCUT2D eigenvalue weighted by molar-refractivity contribution is 9.10. The van der Waals surface area contributed by atoms with Crippen LogP contribution in [0.1, 0.15) is 13.3 Å². The third-order valence-corrected chi connectivity index (χ3v) is 3.26. The lowest BCUT2D eigenvalue weighted by Crippen LogP contribution is -2.37. The number of hydrogen-bond donors (Lipinski definition) is 1. The molecule has 112 valence electrons. The summed E-state index contributed by atoms with van der Waals surface area (Å²) in [5.41, 5.74) is 0. The van der Waals surface area contributed by atoms with E-state index >= 15 is 0 Å². The summed E-state index contributed by atoms with van der Waals surface area (Å²) in [6, 6.07) is 5.33. The van der Waals surface area contributed by atoms with Gasteiger partial charge in [0, 0.05) is 20.3 Å². The van der Waals surface area contributed by atoms with E-state index in [2.05, 4.69) is 21.2 Å². The van der Waals surface area contributed by atoms with Crippen LogP contribution in [0.5, 0.6) is 11.5 Å². The van der Waals surface area contributed by atoms with E-state index in [9.17, 15) is 4.79 Å². The van der Waals surface area contributed by atoms with Gasteiger partial charge in [-0.25, -0.2) is 0 Å². The Bertz CT molecular complexity index is 439. The maximum absolute atomic E-state index is 11.8. The van der Waals surface area contributed by atoms with Gasteiger partial charge >= 0.3 is 0 Å². The minimum atomic E-state index is -0.567. The van der Waals surface area contributed by atoms with Crippen molar-refractivity contribution in [3.63, 3.8) is 0 Å². The zero-order valence-electron chi connectivity index (χ0n) is 11.9. The number of carbonyl (C=O) groups is 1. The zero-order chi connectivity index (χ0) is 15.0. The number of ether oxygens (including phenoxy) is 3. The molecule has 1 amide bonds. The van der Waals surface area contributed by atoms with Gasteiger partial charge in [0.15, 0.2) is 6.10 Å². The molecule has 1 aromatic rings. The molecule has 20 heavy (non-hydrogen) atoms. The Morgan fingerprint density at radius 2 is 2.15 bits per heavy atom. The molecule has 0 aliphatic heterocycles. The summed E-state index contributed by atoms with van der Waals surface area (Å²) in [5, 5.41) is 2.80. The Hall–Kier alpha value is -1.27. The molecule has 1 N–H and O–H groups in total. The minimum Gasteiger partial charge on any atom is -0.497 e. The second kappa shape index (κ2) is 8.81. The average molecular weight is 346 g/mol. The quantitative estimate of drug-likeness (QED) is 0.735. The van der Waals surface area contributed by atoms with Gasteiger partial charge in [0.25, 0.3) is 5.91 Å². The molecule has 0 aliphatic carbocycles. The fraction of sp³-hybridized carbons (Fsp3) is 0.500. The van der Waals surface area contributed by atoms with Gasteiger partial charge in [0.05, 0.1) is 11.6 Å². The lowest BCUT2D eigenvalue weighted by Gasteiger charge is -2.16. The van der Waals surface area contributed by atoms with Gasteiger partial charge in [0.1, 0.15) is 11.5 Å². The van der Waals surface area contributed by atoms with Gasteiger partial charge < -0.3 is 19.5 Å². The molecule has 1 aromatic carbocycles. The van der Waals surface area contributed by atoms with Crippen LogP contribution in [-0.2, 0) is 9.53 Å². The molecule has 0 bridgehead atoms. The lowest BCUT2D eigenvalue weighted by molar-refractivity contribution is -0.127. The number of rotatable bonds is 8. The molecule has 0 spiro atoms. The van der Waals surface area contributed by atoms with Crippen molar-refractivity contribution in [1.82, 2.24) is 5.32 Å². The summed E-state index contributed by atoms with van der Waals surface area (Å²) >= 11 is 3.39. The summed E-state index contributed by atoms with van der Waals surface area (Å²) < 4.78 is 16.4. The maximum Gasteiger partial charge on any atom is 0.260 e. The Kier molecular flexibility index (Phi) is 7.40. The second-order valence-electron chi connectivity index (χ2n) is 4.19. The number of carbonyl (C=O) groups excluding carboxylic acids is 1. The molecule has 0 heterocycles. The van der Waals surface area contributed by atoms with Gasteiger partial charge in [-0.1, -0.05) is 0 Å². The van der Waals surface area contributed by atoms with E-state index in [0.29, 0.717) is 18.9 Å². The predicted molar refractivity (Wildman–Crippen MR) is 80.3 cm³/mol. The van der Waals surface area contributed by atoms with Crippen molar-refractivity contribution >= 4 is 21.8 Å². The molecular weight excluding hydrogens is 326 g/mol. The molecule has 0 fully saturated rings. The Balaban J connectivity index is 2.48. The van der Waals surface area contributed by atoms with Crippen LogP contribution in [0.25, 0.3) is 0 Å². The van der Waals surface area contributed by atoms with Crippen LogP contribution >= 0.6 is 15.9 Å². The molecule has 0 radical (unpaired) electrons. The highest BCUT2D eigenvalue weighted by Crippen LogP contribution is 2.29. The zero-order valence-corrected chi connectivity index (χ0v) is 13.5. The van der Waals surface area contributed by atoms with Crippen LogP contribution in [-0.4, -0.2) is 39.4 Å². The standard InChI is InChI=1S/C14H20BrNO4/c1-10(14(17)16-7-4-8-18-2)20-13-6-5-11(19-3)9-12(13)15/h5-6,9-10H,4,7-8H2,1-3H3,(H,16,17). The van der Waals surface area contributed by atoms with Crippen LogP contribution in [0.4, 0.5) is 0 Å². The average Bonchev–Trinajstić information content (AvgIpc) is 2.45. The molecule has 0 aliphatic rings. The third-order valence-electron chi connectivity index (χ3n) is 2.64. The topological polar surface area (TPSA) is 56.8 Å². The van der Waals surface area contributed by atoms with Crippen molar-refractivity contribution < 1.29 is 19.0 Å². The van der Waals surface area contributed by atoms with E-state index in [0.717, 1.165) is 16.6 Å². The number of nitrogens with one attached hydrogen (secondary N) is 1. The molecular formula is C14H20BrNO4. The summed E-state index contributed by atoms with van der Waals surface area (Å²) in [5.74, 6) is 1.18. The summed E-state index contributed by atoms with van der Waals surface area (Å²) in [7, 11) is 3.23. The van der Waals surface area contributed by atoms with Crippen molar-refractivity contribution in [2.24, 2.45) is 0 Å². The Morgan fingerprint density at radius 1 is 1.40 bits per heavy atom. The first-order chi connectivity index (χ1) is 9.58. The van der Waals surface area contributed by atoms with E-state index in [1.165, 1.54) is 0 Å². The molecule has 1 rings (SSSR count). The van der Waals surface area contributed by atoms with Gasteiger partial charge in [-0.15, -0.1) is 0 Å². The fourth-order valence-electron chi connectivity index (χ4n) is 1.52. The monoisotopic (exact) mass is 345 g/mol. The molecule has 0 aromatic heterocycles. The van der Waals surface area contributed by atoms with E-state index in [-0.39, 0.29) is 5.91 Å². The molecule has 0 saturated heterocycles. The van der Waals surface area contributed by atoms with Gasteiger partial charge in [-0.05, 0) is 47.5 Å². The number of methoxy groups -OCH3 is 2. The number of hydrogen-bond acceptors (Lipinski definition) is 4. The van der Waals surface area contributed by atoms with Gasteiger partial charge in [-0.3, -0.25) is 4.79 Å². The molecule has 5 nitrogen and oxygen atoms in total. The van der Waals surface area contributed by atoms with Crippen LogP contribution in [0.15, 0.2) is 22.7 Å². The summed E-state index contributed by atoms with van der Waals surface area (Å²) in [6.07, 6.45) is 0.212. The molecule has 1 unspecified atom stereocenters. The predicted octanol–water partition coefficient (Wildman–Crippen LogP) is 2.38. The largest absolute Gasteiger partial charge is 0.497 e. The van der Waals surface area contributed by atoms with E-state index in [1.54, 1.807) is 39.3 Å². The second-order valence-corrected chi connectivity index (χ2v) is 5.05. The van der Waals surface area contributed by atoms with E-state index in [4.69, 9.17) is 14.2 Å². The Morgan fingerprint density at radius 3 is 2.75 bits per heavy atom. The van der Waals surface area contributed by atoms with Crippen LogP contribution < -0.4 is 14.8 Å². The lowest BCUT2D eigenvalue weighted by atomic mass is 10.3. The number of halogens is 1. The van der Waals surface area contributed by atoms with Crippen molar-refractivity contribution in [2.45, 2.75) is 19.4 Å². The number of amides is 1. The van der Waals surface area contributed by atoms with Crippen molar-refractivity contribution in [3.05, 3.63) is 22.7 Å². The highest BCUT2D eigenvalue weighted by Gasteiger charge is 2.15. The molecule has 1 atom stereocenters. The van der Waals surface area contributed by atoms with Crippen molar-refractivity contribution in [3.8, 4) is 11.5 Å². The Labute approximate surface area is 127 Å². The smallest absolute Gasteiger partial charge is 0.260 e. The highest BCUT2D eigenvalue weighted by atomic mass is 79.9. The molecule has 0 saturated carbocycles. The van der Waals surface area contributed by atoms with Crippen LogP contribution in [0.3, 0.4) is 0 Å². The van der Waals surface area contributed by atoms with Crippen molar-refractivity contribution in [1.29, 1.82) is 0 Å². The summed E-state index contributed by atoms with van der Waals surface area (Å²) in [6.45, 7) is 2.91. The third kappa shape index (κ3) is 5.38. The van der Waals surface area contributed by atoms with Crippen molar-refractivity contribution in [2.75, 3.05) is 27.4 Å². The van der Waals surface area contributed by atoms with E-state index in [1.807, 2.05) is 0 Å². The number of benzene rings is 1. The fourth-order valence-corrected chi connectivity index (χ4v) is 1.97. The maximum atomic E-state index is 11.8. The van der Waals surface area contributed by atoms with Gasteiger partial charge in [0.2, 0.25) is 0 Å². The molecule has 6 heteroatoms. The van der Waals surface area contributed by atoms with E-state index < -0.39 is 6.10 Å². The minimum absolute atomic E-state index is 0.149. The van der Waals surface area contributed by atoms with Gasteiger partial charge in [-0.2, -0.15) is 0 Å². The first-order valence-corrected chi connectivity index (χ1v) is 7.14. The summed E-state index contributed by atoms with van der Waals surface area (Å²) in [4.78, 5) is 11.8.